The van der Waals surface area contributed by atoms with Crippen LogP contribution in [0.2, 0.25) is 0 Å². The van der Waals surface area contributed by atoms with Crippen LogP contribution in [-0.4, -0.2) is 25.3 Å². The first-order valence-corrected chi connectivity index (χ1v) is 7.31. The van der Waals surface area contributed by atoms with Gasteiger partial charge < -0.3 is 10.1 Å². The Bertz CT molecular complexity index is 217. The second kappa shape index (κ2) is 6.75. The van der Waals surface area contributed by atoms with Gasteiger partial charge in [0.25, 0.3) is 0 Å². The van der Waals surface area contributed by atoms with Crippen molar-refractivity contribution in [1.82, 2.24) is 5.32 Å². The van der Waals surface area contributed by atoms with Crippen molar-refractivity contribution in [1.29, 1.82) is 0 Å². The third-order valence-corrected chi connectivity index (χ3v) is 4.00. The van der Waals surface area contributed by atoms with E-state index in [0.717, 1.165) is 19.0 Å². The minimum atomic E-state index is 0.392. The lowest BCUT2D eigenvalue weighted by atomic mass is 9.81. The van der Waals surface area contributed by atoms with Crippen LogP contribution in [0.25, 0.3) is 0 Å². The molecule has 2 nitrogen and oxygen atoms in total. The molecule has 0 amide bonds. The fourth-order valence-electron chi connectivity index (χ4n) is 2.59. The van der Waals surface area contributed by atoms with Gasteiger partial charge in [0.2, 0.25) is 0 Å². The van der Waals surface area contributed by atoms with E-state index in [4.69, 9.17) is 4.74 Å². The van der Waals surface area contributed by atoms with Crippen molar-refractivity contribution >= 4 is 0 Å². The van der Waals surface area contributed by atoms with Gasteiger partial charge in [-0.25, -0.2) is 0 Å². The lowest BCUT2D eigenvalue weighted by Crippen LogP contribution is -2.36. The van der Waals surface area contributed by atoms with Crippen molar-refractivity contribution in [3.63, 3.8) is 0 Å². The topological polar surface area (TPSA) is 21.3 Å². The average Bonchev–Trinajstić information content (AvgIpc) is 2.63. The van der Waals surface area contributed by atoms with Crippen molar-refractivity contribution < 1.29 is 4.74 Å². The molecule has 1 aliphatic rings. The highest BCUT2D eigenvalue weighted by Gasteiger charge is 2.30. The summed E-state index contributed by atoms with van der Waals surface area (Å²) in [5.74, 6) is 0.735. The predicted molar refractivity (Wildman–Crippen MR) is 74.3 cm³/mol. The second-order valence-electron chi connectivity index (χ2n) is 6.54. The first-order valence-electron chi connectivity index (χ1n) is 7.31. The molecule has 1 saturated heterocycles. The zero-order valence-corrected chi connectivity index (χ0v) is 12.4. The molecule has 0 aromatic carbocycles. The van der Waals surface area contributed by atoms with Gasteiger partial charge in [0.1, 0.15) is 0 Å². The highest BCUT2D eigenvalue weighted by Crippen LogP contribution is 2.33. The van der Waals surface area contributed by atoms with E-state index >= 15 is 0 Å². The monoisotopic (exact) mass is 241 g/mol. The Kier molecular flexibility index (Phi) is 5.94. The summed E-state index contributed by atoms with van der Waals surface area (Å²) < 4.78 is 5.96. The summed E-state index contributed by atoms with van der Waals surface area (Å²) in [5.41, 5.74) is 0.392. The molecular formula is C15H31NO. The molecule has 1 aliphatic heterocycles. The Labute approximate surface area is 108 Å². The maximum absolute atomic E-state index is 5.96. The summed E-state index contributed by atoms with van der Waals surface area (Å²) in [7, 11) is 0. The normalized spacial score (nSPS) is 28.6. The SMILES string of the molecule is CCC(C)(CNCC(C)C)CC1CCC(C)O1. The Morgan fingerprint density at radius 3 is 2.53 bits per heavy atom. The lowest BCUT2D eigenvalue weighted by Gasteiger charge is -2.31. The molecule has 1 N–H and O–H groups in total. The Morgan fingerprint density at radius 2 is 2.06 bits per heavy atom. The molecule has 2 heteroatoms. The zero-order chi connectivity index (χ0) is 12.9. The lowest BCUT2D eigenvalue weighted by molar-refractivity contribution is 0.0240. The van der Waals surface area contributed by atoms with Crippen molar-refractivity contribution in [3.05, 3.63) is 0 Å². The summed E-state index contributed by atoms with van der Waals surface area (Å²) >= 11 is 0. The molecule has 1 fully saturated rings. The van der Waals surface area contributed by atoms with Crippen molar-refractivity contribution in [2.45, 2.75) is 72.5 Å². The van der Waals surface area contributed by atoms with E-state index in [9.17, 15) is 0 Å². The summed E-state index contributed by atoms with van der Waals surface area (Å²) in [6, 6.07) is 0. The van der Waals surface area contributed by atoms with Crippen LogP contribution in [0.3, 0.4) is 0 Å². The number of nitrogens with one attached hydrogen (secondary N) is 1. The fourth-order valence-corrected chi connectivity index (χ4v) is 2.59. The summed E-state index contributed by atoms with van der Waals surface area (Å²) in [4.78, 5) is 0. The van der Waals surface area contributed by atoms with Crippen LogP contribution < -0.4 is 5.32 Å². The largest absolute Gasteiger partial charge is 0.375 e. The fraction of sp³-hybridized carbons (Fsp3) is 1.00. The van der Waals surface area contributed by atoms with Gasteiger partial charge in [-0.1, -0.05) is 27.7 Å². The van der Waals surface area contributed by atoms with E-state index in [0.29, 0.717) is 17.6 Å². The van der Waals surface area contributed by atoms with E-state index in [1.807, 2.05) is 0 Å². The van der Waals surface area contributed by atoms with Crippen molar-refractivity contribution in [3.8, 4) is 0 Å². The maximum Gasteiger partial charge on any atom is 0.0585 e. The molecule has 0 saturated carbocycles. The van der Waals surface area contributed by atoms with E-state index in [1.54, 1.807) is 0 Å². The van der Waals surface area contributed by atoms with Gasteiger partial charge in [0.15, 0.2) is 0 Å². The minimum Gasteiger partial charge on any atom is -0.375 e. The third-order valence-electron chi connectivity index (χ3n) is 4.00. The van der Waals surface area contributed by atoms with Crippen LogP contribution in [0.1, 0.15) is 60.3 Å². The molecule has 3 atom stereocenters. The second-order valence-corrected chi connectivity index (χ2v) is 6.54. The van der Waals surface area contributed by atoms with Crippen molar-refractivity contribution in [2.75, 3.05) is 13.1 Å². The number of ether oxygens (including phenoxy) is 1. The van der Waals surface area contributed by atoms with Crippen LogP contribution in [-0.2, 0) is 4.74 Å². The summed E-state index contributed by atoms with van der Waals surface area (Å²) in [6.45, 7) is 13.7. The molecule has 17 heavy (non-hydrogen) atoms. The predicted octanol–water partition coefficient (Wildman–Crippen LogP) is 3.61. The third kappa shape index (κ3) is 5.39. The molecule has 0 aromatic rings. The first-order chi connectivity index (χ1) is 7.95. The van der Waals surface area contributed by atoms with Crippen LogP contribution >= 0.6 is 0 Å². The van der Waals surface area contributed by atoms with Gasteiger partial charge in [0, 0.05) is 6.54 Å². The molecule has 3 unspecified atom stereocenters. The highest BCUT2D eigenvalue weighted by atomic mass is 16.5. The van der Waals surface area contributed by atoms with Gasteiger partial charge in [-0.05, 0) is 50.5 Å². The zero-order valence-electron chi connectivity index (χ0n) is 12.4. The molecule has 102 valence electrons. The molecule has 0 spiro atoms. The number of hydrogen-bond donors (Lipinski definition) is 1. The van der Waals surface area contributed by atoms with Crippen LogP contribution in [0.4, 0.5) is 0 Å². The molecule has 1 rings (SSSR count). The van der Waals surface area contributed by atoms with Crippen LogP contribution in [0, 0.1) is 11.3 Å². The highest BCUT2D eigenvalue weighted by molar-refractivity contribution is 4.82. The van der Waals surface area contributed by atoms with Crippen molar-refractivity contribution in [2.24, 2.45) is 11.3 Å². The van der Waals surface area contributed by atoms with E-state index in [-0.39, 0.29) is 0 Å². The first kappa shape index (κ1) is 15.0. The molecule has 1 heterocycles. The molecular weight excluding hydrogens is 210 g/mol. The molecule has 0 radical (unpaired) electrons. The van der Waals surface area contributed by atoms with Gasteiger partial charge in [0.05, 0.1) is 12.2 Å². The summed E-state index contributed by atoms with van der Waals surface area (Å²) in [6.07, 6.45) is 5.90. The molecule has 0 aromatic heterocycles. The van der Waals surface area contributed by atoms with E-state index < -0.39 is 0 Å². The minimum absolute atomic E-state index is 0.392. The Morgan fingerprint density at radius 1 is 1.35 bits per heavy atom. The maximum atomic E-state index is 5.96. The van der Waals surface area contributed by atoms with Gasteiger partial charge in [-0.15, -0.1) is 0 Å². The average molecular weight is 241 g/mol. The van der Waals surface area contributed by atoms with E-state index in [1.165, 1.54) is 25.7 Å². The Balaban J connectivity index is 2.33. The Hall–Kier alpha value is -0.0800. The number of hydrogen-bond acceptors (Lipinski definition) is 2. The van der Waals surface area contributed by atoms with Crippen LogP contribution in [0.15, 0.2) is 0 Å². The van der Waals surface area contributed by atoms with E-state index in [2.05, 4.69) is 39.9 Å². The number of rotatable bonds is 7. The smallest absolute Gasteiger partial charge is 0.0585 e. The van der Waals surface area contributed by atoms with Gasteiger partial charge in [-0.2, -0.15) is 0 Å². The molecule has 0 bridgehead atoms. The van der Waals surface area contributed by atoms with Crippen LogP contribution in [0.5, 0.6) is 0 Å². The summed E-state index contributed by atoms with van der Waals surface area (Å²) in [5, 5.41) is 3.61. The molecule has 0 aliphatic carbocycles. The van der Waals surface area contributed by atoms with Gasteiger partial charge in [-0.3, -0.25) is 0 Å². The standard InChI is InChI=1S/C15H31NO/c1-6-15(5,11-16-10-12(2)3)9-14-8-7-13(4)17-14/h12-14,16H,6-11H2,1-5H3. The quantitative estimate of drug-likeness (QED) is 0.735. The van der Waals surface area contributed by atoms with Gasteiger partial charge >= 0.3 is 0 Å².